The summed E-state index contributed by atoms with van der Waals surface area (Å²) >= 11 is 0.938. The average Bonchev–Trinajstić information content (AvgIpc) is 2.94. The van der Waals surface area contributed by atoms with E-state index in [4.69, 9.17) is 4.74 Å². The Morgan fingerprint density at radius 1 is 1.26 bits per heavy atom. The van der Waals surface area contributed by atoms with Crippen LogP contribution in [0.15, 0.2) is 24.4 Å². The van der Waals surface area contributed by atoms with Crippen molar-refractivity contribution in [2.45, 2.75) is 26.4 Å². The van der Waals surface area contributed by atoms with Crippen molar-refractivity contribution in [1.29, 1.82) is 0 Å². The molecule has 0 aliphatic heterocycles. The number of aromatic nitrogens is 2. The Kier molecular flexibility index (Phi) is 4.89. The lowest BCUT2D eigenvalue weighted by atomic mass is 10.2. The van der Waals surface area contributed by atoms with Gasteiger partial charge in [-0.2, -0.15) is 0 Å². The van der Waals surface area contributed by atoms with E-state index in [1.54, 1.807) is 20.8 Å². The molecule has 0 spiro atoms. The molecule has 2 amide bonds. The molecule has 1 heterocycles. The van der Waals surface area contributed by atoms with Gasteiger partial charge in [0.1, 0.15) is 16.3 Å². The summed E-state index contributed by atoms with van der Waals surface area (Å²) < 4.78 is 22.4. The molecule has 0 aliphatic rings. The van der Waals surface area contributed by atoms with E-state index in [1.165, 1.54) is 18.3 Å². The topological polar surface area (TPSA) is 93.2 Å². The number of anilines is 2. The number of nitrogens with one attached hydrogen (secondary N) is 2. The highest BCUT2D eigenvalue weighted by Gasteiger charge is 2.18. The molecule has 1 aromatic heterocycles. The molecule has 2 rings (SSSR count). The van der Waals surface area contributed by atoms with E-state index in [0.29, 0.717) is 10.6 Å². The van der Waals surface area contributed by atoms with Crippen molar-refractivity contribution in [3.05, 3.63) is 35.1 Å². The maximum Gasteiger partial charge on any atom is 0.412 e. The predicted octanol–water partition coefficient (Wildman–Crippen LogP) is 3.28. The smallest absolute Gasteiger partial charge is 0.412 e. The van der Waals surface area contributed by atoms with E-state index in [-0.39, 0.29) is 5.69 Å². The molecule has 0 aliphatic carbocycles. The van der Waals surface area contributed by atoms with Crippen LogP contribution in [0.25, 0.3) is 0 Å². The molecule has 7 nitrogen and oxygen atoms in total. The van der Waals surface area contributed by atoms with Gasteiger partial charge in [-0.15, -0.1) is 5.10 Å². The lowest BCUT2D eigenvalue weighted by Gasteiger charge is -2.20. The normalized spacial score (nSPS) is 11.0. The molecule has 2 aromatic rings. The van der Waals surface area contributed by atoms with E-state index >= 15 is 0 Å². The van der Waals surface area contributed by atoms with Crippen LogP contribution in [0.4, 0.5) is 20.6 Å². The number of nitrogens with zero attached hydrogens (tertiary/aromatic N) is 2. The lowest BCUT2D eigenvalue weighted by molar-refractivity contribution is 0.0635. The van der Waals surface area contributed by atoms with Crippen LogP contribution in [0.2, 0.25) is 0 Å². The van der Waals surface area contributed by atoms with Gasteiger partial charge in [-0.25, -0.2) is 9.18 Å². The maximum atomic E-state index is 13.8. The number of benzene rings is 1. The van der Waals surface area contributed by atoms with Gasteiger partial charge in [0.25, 0.3) is 5.91 Å². The summed E-state index contributed by atoms with van der Waals surface area (Å²) in [6.07, 6.45) is 0.537. The maximum absolute atomic E-state index is 13.8. The number of hydrogen-bond donors (Lipinski definition) is 2. The van der Waals surface area contributed by atoms with Gasteiger partial charge < -0.3 is 10.1 Å². The van der Waals surface area contributed by atoms with Crippen LogP contribution in [-0.4, -0.2) is 27.2 Å². The first-order valence-corrected chi connectivity index (χ1v) is 7.40. The summed E-state index contributed by atoms with van der Waals surface area (Å²) in [7, 11) is 0. The molecule has 122 valence electrons. The number of hydrogen-bond acceptors (Lipinski definition) is 6. The van der Waals surface area contributed by atoms with Crippen molar-refractivity contribution in [2.24, 2.45) is 0 Å². The predicted molar refractivity (Wildman–Crippen MR) is 84.1 cm³/mol. The summed E-state index contributed by atoms with van der Waals surface area (Å²) in [6.45, 7) is 5.09. The Bertz CT molecular complexity index is 713. The molecule has 0 radical (unpaired) electrons. The minimum absolute atomic E-state index is 0.0977. The second-order valence-corrected chi connectivity index (χ2v) is 6.34. The number of carbonyl (C=O) groups is 2. The van der Waals surface area contributed by atoms with Gasteiger partial charge in [-0.1, -0.05) is 4.49 Å². The van der Waals surface area contributed by atoms with Crippen LogP contribution < -0.4 is 10.6 Å². The van der Waals surface area contributed by atoms with Crippen LogP contribution in [0.3, 0.4) is 0 Å². The van der Waals surface area contributed by atoms with Crippen molar-refractivity contribution < 1.29 is 18.7 Å². The summed E-state index contributed by atoms with van der Waals surface area (Å²) in [6, 6.07) is 3.81. The van der Waals surface area contributed by atoms with Gasteiger partial charge in [0.15, 0.2) is 0 Å². The Labute approximate surface area is 136 Å². The SMILES string of the molecule is CC(C)(C)OC(=O)Nc1cc(NC(=O)c2cnns2)ccc1F. The van der Waals surface area contributed by atoms with Gasteiger partial charge in [-0.3, -0.25) is 10.1 Å². The fourth-order valence-electron chi connectivity index (χ4n) is 1.57. The van der Waals surface area contributed by atoms with Crippen molar-refractivity contribution in [2.75, 3.05) is 10.6 Å². The van der Waals surface area contributed by atoms with Crippen LogP contribution >= 0.6 is 11.5 Å². The van der Waals surface area contributed by atoms with Gasteiger partial charge in [0.05, 0.1) is 11.9 Å². The lowest BCUT2D eigenvalue weighted by Crippen LogP contribution is -2.27. The van der Waals surface area contributed by atoms with Gasteiger partial charge in [-0.05, 0) is 50.5 Å². The fraction of sp³-hybridized carbons (Fsp3) is 0.286. The molecule has 0 bridgehead atoms. The van der Waals surface area contributed by atoms with E-state index in [9.17, 15) is 14.0 Å². The zero-order chi connectivity index (χ0) is 17.0. The number of rotatable bonds is 3. The fourth-order valence-corrected chi connectivity index (χ4v) is 1.98. The van der Waals surface area contributed by atoms with Crippen LogP contribution in [-0.2, 0) is 4.74 Å². The van der Waals surface area contributed by atoms with Gasteiger partial charge in [0, 0.05) is 5.69 Å². The molecule has 1 aromatic carbocycles. The molecule has 0 saturated heterocycles. The molecular formula is C14H15FN4O3S. The average molecular weight is 338 g/mol. The van der Waals surface area contributed by atoms with E-state index in [0.717, 1.165) is 17.6 Å². The molecule has 2 N–H and O–H groups in total. The first-order chi connectivity index (χ1) is 10.7. The Balaban J connectivity index is 2.09. The third-order valence-corrected chi connectivity index (χ3v) is 3.11. The highest BCUT2D eigenvalue weighted by molar-refractivity contribution is 7.07. The van der Waals surface area contributed by atoms with Crippen molar-refractivity contribution in [3.8, 4) is 0 Å². The van der Waals surface area contributed by atoms with Crippen molar-refractivity contribution in [1.82, 2.24) is 9.59 Å². The monoisotopic (exact) mass is 338 g/mol. The summed E-state index contributed by atoms with van der Waals surface area (Å²) in [5, 5.41) is 8.44. The molecule has 0 fully saturated rings. The minimum atomic E-state index is -0.786. The van der Waals surface area contributed by atoms with Crippen LogP contribution in [0.1, 0.15) is 30.4 Å². The highest BCUT2D eigenvalue weighted by Crippen LogP contribution is 2.21. The first-order valence-electron chi connectivity index (χ1n) is 6.63. The second-order valence-electron chi connectivity index (χ2n) is 5.56. The van der Waals surface area contributed by atoms with Crippen molar-refractivity contribution >= 4 is 34.9 Å². The van der Waals surface area contributed by atoms with E-state index in [1.807, 2.05) is 0 Å². The zero-order valence-corrected chi connectivity index (χ0v) is 13.5. The summed E-state index contributed by atoms with van der Waals surface area (Å²) in [5.41, 5.74) is -0.485. The quantitative estimate of drug-likeness (QED) is 0.896. The molecule has 0 unspecified atom stereocenters. The Hall–Kier alpha value is -2.55. The number of ether oxygens (including phenoxy) is 1. The number of carbonyl (C=O) groups excluding carboxylic acids is 2. The largest absolute Gasteiger partial charge is 0.444 e. The standard InChI is InChI=1S/C14H15FN4O3S/c1-14(2,3)22-13(21)18-10-6-8(4-5-9(10)15)17-12(20)11-7-16-19-23-11/h4-7H,1-3H3,(H,17,20)(H,18,21). The third-order valence-electron chi connectivity index (χ3n) is 2.44. The van der Waals surface area contributed by atoms with E-state index in [2.05, 4.69) is 20.2 Å². The molecule has 0 atom stereocenters. The molecular weight excluding hydrogens is 323 g/mol. The Morgan fingerprint density at radius 2 is 2.00 bits per heavy atom. The third kappa shape index (κ3) is 4.99. The first kappa shape index (κ1) is 16.8. The van der Waals surface area contributed by atoms with Crippen LogP contribution in [0.5, 0.6) is 0 Å². The van der Waals surface area contributed by atoms with Crippen LogP contribution in [0, 0.1) is 5.82 Å². The molecule has 23 heavy (non-hydrogen) atoms. The molecule has 9 heteroatoms. The van der Waals surface area contributed by atoms with E-state index < -0.39 is 23.4 Å². The number of halogens is 1. The Morgan fingerprint density at radius 3 is 2.61 bits per heavy atom. The summed E-state index contributed by atoms with van der Waals surface area (Å²) in [5.74, 6) is -1.07. The highest BCUT2D eigenvalue weighted by atomic mass is 32.1. The zero-order valence-electron chi connectivity index (χ0n) is 12.7. The van der Waals surface area contributed by atoms with Gasteiger partial charge >= 0.3 is 6.09 Å². The minimum Gasteiger partial charge on any atom is -0.444 e. The van der Waals surface area contributed by atoms with Gasteiger partial charge in [0.2, 0.25) is 0 Å². The number of amides is 2. The van der Waals surface area contributed by atoms with Crippen molar-refractivity contribution in [3.63, 3.8) is 0 Å². The summed E-state index contributed by atoms with van der Waals surface area (Å²) in [4.78, 5) is 23.9. The second kappa shape index (κ2) is 6.69. The molecule has 0 saturated carbocycles.